The number of ether oxygens (including phenoxy) is 2. The molecular formula is C25H30ClN3O6S. The van der Waals surface area contributed by atoms with Crippen LogP contribution in [0.15, 0.2) is 53.4 Å². The Labute approximate surface area is 216 Å². The maximum Gasteiger partial charge on any atom is 0.311 e. The summed E-state index contributed by atoms with van der Waals surface area (Å²) in [7, 11) is -1.74. The molecule has 0 aromatic heterocycles. The van der Waals surface area contributed by atoms with E-state index in [9.17, 15) is 19.1 Å². The minimum atomic E-state index is -3.31. The van der Waals surface area contributed by atoms with E-state index in [0.29, 0.717) is 17.9 Å². The van der Waals surface area contributed by atoms with E-state index < -0.39 is 32.0 Å². The third-order valence-corrected chi connectivity index (χ3v) is 7.93. The number of amides is 1. The van der Waals surface area contributed by atoms with Crippen molar-refractivity contribution in [1.29, 1.82) is 0 Å². The number of hydrogen-bond donors (Lipinski definition) is 1. The summed E-state index contributed by atoms with van der Waals surface area (Å²) in [5.74, 6) is -1.01. The molecule has 2 aromatic rings. The van der Waals surface area contributed by atoms with E-state index in [1.165, 1.54) is 12.1 Å². The van der Waals surface area contributed by atoms with Crippen LogP contribution in [-0.4, -0.2) is 34.5 Å². The van der Waals surface area contributed by atoms with Crippen molar-refractivity contribution in [3.05, 3.63) is 80.9 Å². The van der Waals surface area contributed by atoms with Crippen LogP contribution in [0, 0.1) is 16.0 Å². The average molecular weight is 536 g/mol. The fraction of sp³-hybridized carbons (Fsp3) is 0.400. The van der Waals surface area contributed by atoms with E-state index in [4.69, 9.17) is 26.2 Å². The molecule has 2 aromatic carbocycles. The third kappa shape index (κ3) is 6.50. The van der Waals surface area contributed by atoms with Gasteiger partial charge >= 0.3 is 5.69 Å². The molecule has 0 bridgehead atoms. The molecule has 36 heavy (non-hydrogen) atoms. The quantitative estimate of drug-likeness (QED) is 0.252. The molecule has 194 valence electrons. The summed E-state index contributed by atoms with van der Waals surface area (Å²) < 4.78 is 28.0. The van der Waals surface area contributed by atoms with Gasteiger partial charge in [-0.15, -0.1) is 10.9 Å². The summed E-state index contributed by atoms with van der Waals surface area (Å²) >= 11 is 6.15. The molecule has 0 spiro atoms. The number of halogens is 1. The first-order valence-electron chi connectivity index (χ1n) is 11.4. The van der Waals surface area contributed by atoms with Gasteiger partial charge in [0.2, 0.25) is 0 Å². The van der Waals surface area contributed by atoms with Crippen LogP contribution in [0.5, 0.6) is 5.75 Å². The van der Waals surface area contributed by atoms with E-state index in [2.05, 4.69) is 10.9 Å². The number of carbonyl (C=O) groups excluding carboxylic acids is 1. The average Bonchev–Trinajstić information content (AvgIpc) is 2.81. The molecule has 9 nitrogen and oxygen atoms in total. The molecule has 1 amide bonds. The summed E-state index contributed by atoms with van der Waals surface area (Å²) in [6, 6.07) is 9.28. The van der Waals surface area contributed by atoms with Crippen molar-refractivity contribution in [2.75, 3.05) is 19.5 Å². The van der Waals surface area contributed by atoms with Crippen molar-refractivity contribution in [2.45, 2.75) is 38.2 Å². The Morgan fingerprint density at radius 2 is 2.14 bits per heavy atom. The summed E-state index contributed by atoms with van der Waals surface area (Å²) in [4.78, 5) is 23.7. The molecule has 0 heterocycles. The Morgan fingerprint density at radius 1 is 1.39 bits per heavy atom. The van der Waals surface area contributed by atoms with Crippen LogP contribution in [0.4, 0.5) is 5.69 Å². The van der Waals surface area contributed by atoms with Crippen molar-refractivity contribution < 1.29 is 23.4 Å². The largest absolute Gasteiger partial charge is 0.483 e. The zero-order valence-corrected chi connectivity index (χ0v) is 21.8. The zero-order chi connectivity index (χ0) is 26.5. The lowest BCUT2D eigenvalue weighted by Gasteiger charge is -2.37. The Hall–Kier alpha value is -2.79. The number of methoxy groups -OCH3 is 1. The second kappa shape index (κ2) is 11.5. The Bertz CT molecular complexity index is 1290. The molecule has 0 aliphatic heterocycles. The van der Waals surface area contributed by atoms with Crippen LogP contribution in [0.3, 0.4) is 0 Å². The molecule has 0 saturated carbocycles. The van der Waals surface area contributed by atoms with E-state index >= 15 is 0 Å². The number of rotatable bonds is 10. The molecular weight excluding hydrogens is 506 g/mol. The second-order valence-corrected chi connectivity index (χ2v) is 11.3. The predicted molar refractivity (Wildman–Crippen MR) is 140 cm³/mol. The highest BCUT2D eigenvalue weighted by atomic mass is 35.5. The highest BCUT2D eigenvalue weighted by molar-refractivity contribution is 7.91. The van der Waals surface area contributed by atoms with Gasteiger partial charge in [-0.25, -0.2) is 9.35 Å². The van der Waals surface area contributed by atoms with Crippen LogP contribution < -0.4 is 9.88 Å². The molecule has 0 fully saturated rings. The van der Waals surface area contributed by atoms with Gasteiger partial charge in [0.15, 0.2) is 5.75 Å². The Kier molecular flexibility index (Phi) is 8.89. The van der Waals surface area contributed by atoms with E-state index in [-0.39, 0.29) is 29.6 Å². The molecule has 3 atom stereocenters. The molecule has 1 unspecified atom stereocenters. The van der Waals surface area contributed by atoms with Gasteiger partial charge in [-0.3, -0.25) is 14.9 Å². The molecule has 0 saturated heterocycles. The summed E-state index contributed by atoms with van der Waals surface area (Å²) in [5, 5.41) is 18.2. The lowest BCUT2D eigenvalue weighted by atomic mass is 9.79. The number of allylic oxidation sites excluding steroid dienone is 1. The number of aryl methyl sites for hydroxylation is 1. The van der Waals surface area contributed by atoms with Crippen molar-refractivity contribution in [3.63, 3.8) is 0 Å². The van der Waals surface area contributed by atoms with E-state index in [1.807, 2.05) is 19.1 Å². The molecule has 2 N–H and O–H groups in total. The minimum absolute atomic E-state index is 0.000164. The van der Waals surface area contributed by atoms with Gasteiger partial charge in [-0.1, -0.05) is 30.7 Å². The Balaban J connectivity index is 1.86. The van der Waals surface area contributed by atoms with Crippen LogP contribution >= 0.6 is 11.6 Å². The smallest absolute Gasteiger partial charge is 0.311 e. The monoisotopic (exact) mass is 535 g/mol. The molecule has 3 rings (SSSR count). The maximum absolute atomic E-state index is 12.6. The lowest BCUT2D eigenvalue weighted by Crippen LogP contribution is -2.39. The van der Waals surface area contributed by atoms with E-state index in [1.54, 1.807) is 19.3 Å². The molecule has 0 radical (unpaired) electrons. The van der Waals surface area contributed by atoms with Crippen LogP contribution in [-0.2, 0) is 26.7 Å². The summed E-state index contributed by atoms with van der Waals surface area (Å²) in [6.07, 6.45) is 4.58. The SMILES string of the molecule is C=CC[C@H](C)CS(N)(=O)=NC(=O)c1ccc(OC[C@@]2(OC)CCCc3cc(Cl)ccc32)c([N+](=O)[O-])c1. The number of carbonyl (C=O) groups is 1. The number of fused-ring (bicyclic) bond motifs is 1. The van der Waals surface area contributed by atoms with Crippen LogP contribution in [0.25, 0.3) is 0 Å². The van der Waals surface area contributed by atoms with E-state index in [0.717, 1.165) is 30.0 Å². The van der Waals surface area contributed by atoms with Crippen LogP contribution in [0.2, 0.25) is 5.02 Å². The topological polar surface area (TPSA) is 134 Å². The number of nitro benzene ring substituents is 1. The molecule has 1 aliphatic rings. The normalized spacial score (nSPS) is 19.4. The number of benzene rings is 2. The highest BCUT2D eigenvalue weighted by Gasteiger charge is 2.38. The van der Waals surface area contributed by atoms with Gasteiger partial charge in [0.25, 0.3) is 5.91 Å². The fourth-order valence-corrected chi connectivity index (χ4v) is 6.04. The number of hydrogen-bond acceptors (Lipinski definition) is 6. The van der Waals surface area contributed by atoms with Gasteiger partial charge in [-0.2, -0.15) is 0 Å². The third-order valence-electron chi connectivity index (χ3n) is 6.17. The first kappa shape index (κ1) is 27.8. The minimum Gasteiger partial charge on any atom is -0.483 e. The highest BCUT2D eigenvalue weighted by Crippen LogP contribution is 2.40. The summed E-state index contributed by atoms with van der Waals surface area (Å²) in [5.41, 5.74) is 0.644. The van der Waals surface area contributed by atoms with Crippen molar-refractivity contribution >= 4 is 33.1 Å². The molecule has 11 heteroatoms. The fourth-order valence-electron chi connectivity index (χ4n) is 4.43. The van der Waals surface area contributed by atoms with Crippen molar-refractivity contribution in [1.82, 2.24) is 0 Å². The zero-order valence-electron chi connectivity index (χ0n) is 20.3. The van der Waals surface area contributed by atoms with Crippen LogP contribution in [0.1, 0.15) is 47.7 Å². The van der Waals surface area contributed by atoms with Gasteiger partial charge in [-0.05, 0) is 67.0 Å². The standard InChI is InChI=1S/C25H30ClN3O6S/c1-4-6-17(2)15-36(27,33)28-24(30)19-8-11-23(22(14-19)29(31)32)35-16-25(34-3)12-5-7-18-13-20(26)9-10-21(18)25/h4,8-11,13-14,17H,1,5-7,12,15-16H2,2-3H3,(H2,27,28,30,33)/t17-,25-,36?/m0/s1. The first-order chi connectivity index (χ1) is 17.0. The van der Waals surface area contributed by atoms with Gasteiger partial charge in [0, 0.05) is 29.5 Å². The van der Waals surface area contributed by atoms with Crippen molar-refractivity contribution in [2.24, 2.45) is 15.4 Å². The number of nitrogens with zero attached hydrogens (tertiary/aromatic N) is 2. The number of nitro groups is 1. The van der Waals surface area contributed by atoms with Gasteiger partial charge in [0.1, 0.15) is 22.1 Å². The predicted octanol–water partition coefficient (Wildman–Crippen LogP) is 5.20. The number of nitrogens with two attached hydrogens (primary N) is 1. The lowest BCUT2D eigenvalue weighted by molar-refractivity contribution is -0.386. The van der Waals surface area contributed by atoms with Gasteiger partial charge in [0.05, 0.1) is 4.92 Å². The maximum atomic E-state index is 12.6. The second-order valence-electron chi connectivity index (χ2n) is 8.96. The Morgan fingerprint density at radius 3 is 2.81 bits per heavy atom. The van der Waals surface area contributed by atoms with Crippen molar-refractivity contribution in [3.8, 4) is 5.75 Å². The first-order valence-corrected chi connectivity index (χ1v) is 13.6. The summed E-state index contributed by atoms with van der Waals surface area (Å²) in [6.45, 7) is 5.46. The van der Waals surface area contributed by atoms with Gasteiger partial charge < -0.3 is 9.47 Å². The molecule has 1 aliphatic carbocycles.